The van der Waals surface area contributed by atoms with Crippen LogP contribution in [0.1, 0.15) is 45.1 Å². The molecule has 0 aliphatic heterocycles. The summed E-state index contributed by atoms with van der Waals surface area (Å²) in [6.07, 6.45) is 6.91. The number of aryl methyl sites for hydroxylation is 1. The predicted octanol–water partition coefficient (Wildman–Crippen LogP) is 2.81. The number of aromatic nitrogens is 2. The molecule has 2 rings (SSSR count). The van der Waals surface area contributed by atoms with Gasteiger partial charge in [0.2, 0.25) is 0 Å². The summed E-state index contributed by atoms with van der Waals surface area (Å²) in [5.74, 6) is 0.847. The van der Waals surface area contributed by atoms with E-state index >= 15 is 0 Å². The van der Waals surface area contributed by atoms with E-state index in [-0.39, 0.29) is 0 Å². The Kier molecular flexibility index (Phi) is 3.32. The molecule has 1 heterocycles. The van der Waals surface area contributed by atoms with E-state index in [0.717, 1.165) is 12.5 Å². The molecule has 68 valence electrons. The van der Waals surface area contributed by atoms with E-state index in [1.807, 2.05) is 24.7 Å². The van der Waals surface area contributed by atoms with Crippen molar-refractivity contribution in [2.24, 2.45) is 0 Å². The molecule has 2 heteroatoms. The van der Waals surface area contributed by atoms with Gasteiger partial charge in [0.1, 0.15) is 0 Å². The van der Waals surface area contributed by atoms with E-state index in [2.05, 4.69) is 18.2 Å². The zero-order valence-electron chi connectivity index (χ0n) is 8.25. The van der Waals surface area contributed by atoms with Gasteiger partial charge in [0.05, 0.1) is 6.20 Å². The van der Waals surface area contributed by atoms with E-state index in [1.165, 1.54) is 18.4 Å². The Morgan fingerprint density at radius 2 is 2.17 bits per heavy atom. The van der Waals surface area contributed by atoms with E-state index < -0.39 is 0 Å². The highest BCUT2D eigenvalue weighted by atomic mass is 15.3. The summed E-state index contributed by atoms with van der Waals surface area (Å²) in [6.45, 7) is 7.11. The minimum atomic E-state index is 0.847. The molecule has 1 aromatic heterocycles. The third-order valence-corrected chi connectivity index (χ3v) is 2.03. The highest BCUT2D eigenvalue weighted by molar-refractivity contribution is 5.16. The first-order chi connectivity index (χ1) is 5.90. The van der Waals surface area contributed by atoms with Gasteiger partial charge in [-0.25, -0.2) is 0 Å². The second kappa shape index (κ2) is 4.29. The molecule has 0 saturated heterocycles. The van der Waals surface area contributed by atoms with Crippen molar-refractivity contribution in [2.75, 3.05) is 0 Å². The van der Waals surface area contributed by atoms with Crippen LogP contribution in [0.3, 0.4) is 0 Å². The van der Waals surface area contributed by atoms with Gasteiger partial charge >= 0.3 is 0 Å². The lowest BCUT2D eigenvalue weighted by Gasteiger charge is -1.90. The molecule has 0 amide bonds. The Morgan fingerprint density at radius 3 is 2.58 bits per heavy atom. The lowest BCUT2D eigenvalue weighted by Crippen LogP contribution is -1.92. The van der Waals surface area contributed by atoms with E-state index in [0.29, 0.717) is 0 Å². The lowest BCUT2D eigenvalue weighted by molar-refractivity contribution is 0.659. The van der Waals surface area contributed by atoms with Crippen LogP contribution in [0.5, 0.6) is 0 Å². The van der Waals surface area contributed by atoms with Crippen LogP contribution >= 0.6 is 0 Å². The third kappa shape index (κ3) is 2.10. The summed E-state index contributed by atoms with van der Waals surface area (Å²) in [7, 11) is 0. The van der Waals surface area contributed by atoms with Gasteiger partial charge in [-0.3, -0.25) is 4.68 Å². The minimum Gasteiger partial charge on any atom is -0.273 e. The maximum Gasteiger partial charge on any atom is 0.0524 e. The summed E-state index contributed by atoms with van der Waals surface area (Å²) >= 11 is 0. The smallest absolute Gasteiger partial charge is 0.0524 e. The van der Waals surface area contributed by atoms with E-state index in [9.17, 15) is 0 Å². The zero-order valence-corrected chi connectivity index (χ0v) is 8.25. The van der Waals surface area contributed by atoms with Gasteiger partial charge in [-0.1, -0.05) is 13.8 Å². The molecule has 0 N–H and O–H groups in total. The van der Waals surface area contributed by atoms with E-state index in [4.69, 9.17) is 0 Å². The number of rotatable bonds is 2. The average molecular weight is 166 g/mol. The molecule has 0 bridgehead atoms. The Balaban J connectivity index is 0.000000336. The van der Waals surface area contributed by atoms with Gasteiger partial charge in [-0.2, -0.15) is 5.10 Å². The molecule has 2 nitrogen and oxygen atoms in total. The second-order valence-corrected chi connectivity index (χ2v) is 2.90. The first-order valence-corrected chi connectivity index (χ1v) is 4.92. The molecule has 1 fully saturated rings. The zero-order chi connectivity index (χ0) is 8.97. The van der Waals surface area contributed by atoms with Crippen molar-refractivity contribution in [1.82, 2.24) is 9.78 Å². The fourth-order valence-electron chi connectivity index (χ4n) is 1.18. The Hall–Kier alpha value is -0.790. The summed E-state index contributed by atoms with van der Waals surface area (Å²) in [6, 6.07) is 0. The van der Waals surface area contributed by atoms with Crippen molar-refractivity contribution in [3.63, 3.8) is 0 Å². The SMILES string of the molecule is CC.CCn1cc(C2CC2)cn1. The van der Waals surface area contributed by atoms with Crippen LogP contribution in [0.15, 0.2) is 12.4 Å². The van der Waals surface area contributed by atoms with Crippen LogP contribution < -0.4 is 0 Å². The molecule has 12 heavy (non-hydrogen) atoms. The first-order valence-electron chi connectivity index (χ1n) is 4.92. The maximum atomic E-state index is 4.21. The van der Waals surface area contributed by atoms with Crippen molar-refractivity contribution >= 4 is 0 Å². The minimum absolute atomic E-state index is 0.847. The molecule has 0 radical (unpaired) electrons. The monoisotopic (exact) mass is 166 g/mol. The number of hydrogen-bond acceptors (Lipinski definition) is 1. The van der Waals surface area contributed by atoms with Crippen LogP contribution in [0.25, 0.3) is 0 Å². The fraction of sp³-hybridized carbons (Fsp3) is 0.700. The summed E-state index contributed by atoms with van der Waals surface area (Å²) in [5.41, 5.74) is 1.43. The summed E-state index contributed by atoms with van der Waals surface area (Å²) in [4.78, 5) is 0. The first kappa shape index (κ1) is 9.30. The van der Waals surface area contributed by atoms with Crippen LogP contribution in [0.2, 0.25) is 0 Å². The molecule has 1 saturated carbocycles. The van der Waals surface area contributed by atoms with Crippen LogP contribution in [0, 0.1) is 0 Å². The van der Waals surface area contributed by atoms with Crippen molar-refractivity contribution < 1.29 is 0 Å². The topological polar surface area (TPSA) is 17.8 Å². The van der Waals surface area contributed by atoms with Gasteiger partial charge in [0.25, 0.3) is 0 Å². The second-order valence-electron chi connectivity index (χ2n) is 2.90. The average Bonchev–Trinajstić information content (AvgIpc) is 2.88. The van der Waals surface area contributed by atoms with Gasteiger partial charge in [-0.15, -0.1) is 0 Å². The van der Waals surface area contributed by atoms with Crippen molar-refractivity contribution in [3.05, 3.63) is 18.0 Å². The Morgan fingerprint density at radius 1 is 1.50 bits per heavy atom. The maximum absolute atomic E-state index is 4.21. The van der Waals surface area contributed by atoms with Crippen molar-refractivity contribution in [1.29, 1.82) is 0 Å². The normalized spacial score (nSPS) is 15.2. The molecule has 0 unspecified atom stereocenters. The number of nitrogens with zero attached hydrogens (tertiary/aromatic N) is 2. The van der Waals surface area contributed by atoms with Gasteiger partial charge < -0.3 is 0 Å². The molecule has 1 aliphatic rings. The third-order valence-electron chi connectivity index (χ3n) is 2.03. The molecule has 1 aliphatic carbocycles. The lowest BCUT2D eigenvalue weighted by atomic mass is 10.2. The van der Waals surface area contributed by atoms with Gasteiger partial charge in [0, 0.05) is 12.7 Å². The molecule has 1 aromatic rings. The molecular formula is C10H18N2. The summed E-state index contributed by atoms with van der Waals surface area (Å²) < 4.78 is 1.99. The standard InChI is InChI=1S/C8H12N2.C2H6/c1-2-10-6-8(5-9-10)7-3-4-7;1-2/h5-7H,2-4H2,1H3;1-2H3. The van der Waals surface area contributed by atoms with Gasteiger partial charge in [-0.05, 0) is 31.2 Å². The largest absolute Gasteiger partial charge is 0.273 e. The van der Waals surface area contributed by atoms with E-state index in [1.54, 1.807) is 0 Å². The van der Waals surface area contributed by atoms with Crippen LogP contribution in [0.4, 0.5) is 0 Å². The van der Waals surface area contributed by atoms with Crippen molar-refractivity contribution in [3.8, 4) is 0 Å². The highest BCUT2D eigenvalue weighted by Crippen LogP contribution is 2.39. The quantitative estimate of drug-likeness (QED) is 0.660. The summed E-state index contributed by atoms with van der Waals surface area (Å²) in [5, 5.41) is 4.21. The van der Waals surface area contributed by atoms with Crippen molar-refractivity contribution in [2.45, 2.75) is 46.1 Å². The molecular weight excluding hydrogens is 148 g/mol. The molecule has 0 atom stereocenters. The molecule has 0 aromatic carbocycles. The molecule has 0 spiro atoms. The van der Waals surface area contributed by atoms with Crippen LogP contribution in [-0.4, -0.2) is 9.78 Å². The van der Waals surface area contributed by atoms with Crippen LogP contribution in [-0.2, 0) is 6.54 Å². The highest BCUT2D eigenvalue weighted by Gasteiger charge is 2.24. The number of hydrogen-bond donors (Lipinski definition) is 0. The predicted molar refractivity (Wildman–Crippen MR) is 51.2 cm³/mol. The Bertz CT molecular complexity index is 223. The van der Waals surface area contributed by atoms with Gasteiger partial charge in [0.15, 0.2) is 0 Å². The Labute approximate surface area is 74.6 Å². The fourth-order valence-corrected chi connectivity index (χ4v) is 1.18.